The van der Waals surface area contributed by atoms with Gasteiger partial charge in [-0.25, -0.2) is 5.43 Å². The van der Waals surface area contributed by atoms with E-state index in [0.717, 1.165) is 38.2 Å². The molecule has 1 amide bonds. The number of rotatable bonds is 7. The number of hydrazone groups is 1. The number of aromatic nitrogens is 1. The minimum atomic E-state index is -0.415. The van der Waals surface area contributed by atoms with Gasteiger partial charge in [0.1, 0.15) is 0 Å². The highest BCUT2D eigenvalue weighted by Gasteiger charge is 2.19. The molecule has 0 saturated carbocycles. The van der Waals surface area contributed by atoms with Gasteiger partial charge in [0.05, 0.1) is 22.5 Å². The molecule has 0 bridgehead atoms. The number of halogens is 1. The Morgan fingerprint density at radius 2 is 1.50 bits per heavy atom. The van der Waals surface area contributed by atoms with Gasteiger partial charge >= 0.3 is 0 Å². The van der Waals surface area contributed by atoms with Crippen molar-refractivity contribution >= 4 is 33.7 Å². The monoisotopic (exact) mass is 564 g/mol. The Morgan fingerprint density at radius 1 is 0.842 bits per heavy atom. The fraction of sp³-hybridized carbons (Fsp3) is 0. The van der Waals surface area contributed by atoms with E-state index in [1.165, 1.54) is 12.1 Å². The van der Waals surface area contributed by atoms with Gasteiger partial charge in [0.2, 0.25) is 0 Å². The van der Waals surface area contributed by atoms with Crippen LogP contribution >= 0.6 is 15.9 Å². The lowest BCUT2D eigenvalue weighted by Gasteiger charge is -2.15. The molecule has 0 atom stereocenters. The molecule has 0 fully saturated rings. The second-order valence-electron chi connectivity index (χ2n) is 8.38. The molecule has 8 heteroatoms. The number of carbonyl (C=O) groups is 1. The number of carbonyl (C=O) groups excluding carboxylic acids is 1. The molecular weight excluding hydrogens is 544 g/mol. The zero-order valence-electron chi connectivity index (χ0n) is 20.0. The topological polar surface area (TPSA) is 89.5 Å². The van der Waals surface area contributed by atoms with Crippen molar-refractivity contribution in [2.45, 2.75) is 0 Å². The van der Waals surface area contributed by atoms with Gasteiger partial charge in [-0.2, -0.15) is 5.10 Å². The van der Waals surface area contributed by atoms with Crippen LogP contribution in [-0.2, 0) is 0 Å². The predicted molar refractivity (Wildman–Crippen MR) is 152 cm³/mol. The standard InChI is InChI=1S/C30H21BrN4O3/c31-25-13-7-12-23(18-25)30(36)33-32-20-24-19-28(21-8-3-1-4-9-21)34(29(24)22-10-5-2-6-11-22)26-14-16-27(17-15-26)35(37)38/h1-20H,(H,33,36)/b32-20+. The Kier molecular flexibility index (Phi) is 7.24. The summed E-state index contributed by atoms with van der Waals surface area (Å²) >= 11 is 3.38. The van der Waals surface area contributed by atoms with Crippen molar-refractivity contribution in [3.63, 3.8) is 0 Å². The van der Waals surface area contributed by atoms with E-state index >= 15 is 0 Å². The lowest BCUT2D eigenvalue weighted by molar-refractivity contribution is -0.384. The van der Waals surface area contributed by atoms with Crippen LogP contribution in [0.1, 0.15) is 15.9 Å². The summed E-state index contributed by atoms with van der Waals surface area (Å²) in [5.74, 6) is -0.332. The molecule has 186 valence electrons. The first-order valence-corrected chi connectivity index (χ1v) is 12.5. The highest BCUT2D eigenvalue weighted by atomic mass is 79.9. The predicted octanol–water partition coefficient (Wildman–Crippen LogP) is 7.25. The Bertz CT molecular complexity index is 1630. The molecule has 1 N–H and O–H groups in total. The van der Waals surface area contributed by atoms with Crippen LogP contribution in [0.15, 0.2) is 125 Å². The molecule has 0 radical (unpaired) electrons. The third kappa shape index (κ3) is 5.30. The Hall–Kier alpha value is -4.82. The second-order valence-corrected chi connectivity index (χ2v) is 9.30. The van der Waals surface area contributed by atoms with Crippen molar-refractivity contribution in [2.24, 2.45) is 5.10 Å². The average Bonchev–Trinajstić information content (AvgIpc) is 3.33. The van der Waals surface area contributed by atoms with Crippen LogP contribution in [0.4, 0.5) is 5.69 Å². The van der Waals surface area contributed by atoms with Crippen molar-refractivity contribution < 1.29 is 9.72 Å². The quantitative estimate of drug-likeness (QED) is 0.128. The number of amides is 1. The van der Waals surface area contributed by atoms with Crippen molar-refractivity contribution in [2.75, 3.05) is 0 Å². The molecule has 5 aromatic rings. The number of nitrogens with zero attached hydrogens (tertiary/aromatic N) is 3. The molecule has 0 aliphatic rings. The first kappa shape index (κ1) is 24.9. The SMILES string of the molecule is O=C(N/N=C/c1cc(-c2ccccc2)n(-c2ccc([N+](=O)[O-])cc2)c1-c1ccccc1)c1cccc(Br)c1. The second kappa shape index (κ2) is 11.1. The van der Waals surface area contributed by atoms with Gasteiger partial charge in [0.25, 0.3) is 11.6 Å². The number of hydrogen-bond acceptors (Lipinski definition) is 4. The number of nitrogens with one attached hydrogen (secondary N) is 1. The number of nitro groups is 1. The van der Waals surface area contributed by atoms with Crippen molar-refractivity contribution in [3.05, 3.63) is 141 Å². The van der Waals surface area contributed by atoms with E-state index in [1.807, 2.05) is 77.4 Å². The van der Waals surface area contributed by atoms with Crippen LogP contribution < -0.4 is 5.43 Å². The average molecular weight is 565 g/mol. The maximum absolute atomic E-state index is 12.6. The zero-order chi connectivity index (χ0) is 26.5. The maximum Gasteiger partial charge on any atom is 0.271 e. The Morgan fingerprint density at radius 3 is 2.13 bits per heavy atom. The summed E-state index contributed by atoms with van der Waals surface area (Å²) < 4.78 is 2.85. The van der Waals surface area contributed by atoms with Gasteiger partial charge in [-0.1, -0.05) is 82.7 Å². The Labute approximate surface area is 227 Å². The highest BCUT2D eigenvalue weighted by molar-refractivity contribution is 9.10. The molecule has 1 aromatic heterocycles. The van der Waals surface area contributed by atoms with Crippen LogP contribution in [0.3, 0.4) is 0 Å². The fourth-order valence-corrected chi connectivity index (χ4v) is 4.59. The smallest absolute Gasteiger partial charge is 0.271 e. The normalized spacial score (nSPS) is 11.0. The van der Waals surface area contributed by atoms with Gasteiger partial charge in [0.15, 0.2) is 0 Å². The van der Waals surface area contributed by atoms with Gasteiger partial charge in [-0.05, 0) is 47.5 Å². The summed E-state index contributed by atoms with van der Waals surface area (Å²) in [6.45, 7) is 0. The molecule has 1 heterocycles. The molecule has 4 aromatic carbocycles. The molecule has 0 spiro atoms. The molecule has 7 nitrogen and oxygen atoms in total. The maximum atomic E-state index is 12.6. The lowest BCUT2D eigenvalue weighted by Crippen LogP contribution is -2.17. The van der Waals surface area contributed by atoms with Crippen LogP contribution in [-0.4, -0.2) is 21.6 Å². The minimum Gasteiger partial charge on any atom is -0.309 e. The third-order valence-electron chi connectivity index (χ3n) is 5.92. The molecular formula is C30H21BrN4O3. The van der Waals surface area contributed by atoms with E-state index in [4.69, 9.17) is 0 Å². The molecule has 5 rings (SSSR count). The van der Waals surface area contributed by atoms with Gasteiger partial charge in [-0.15, -0.1) is 0 Å². The van der Waals surface area contributed by atoms with E-state index in [9.17, 15) is 14.9 Å². The van der Waals surface area contributed by atoms with Crippen molar-refractivity contribution in [1.29, 1.82) is 0 Å². The summed E-state index contributed by atoms with van der Waals surface area (Å²) in [6, 6.07) is 35.2. The number of non-ortho nitro benzene ring substituents is 1. The lowest BCUT2D eigenvalue weighted by atomic mass is 10.1. The van der Waals surface area contributed by atoms with Crippen LogP contribution in [0.2, 0.25) is 0 Å². The zero-order valence-corrected chi connectivity index (χ0v) is 21.6. The molecule has 0 unspecified atom stereocenters. The minimum absolute atomic E-state index is 0.0143. The summed E-state index contributed by atoms with van der Waals surface area (Å²) in [5, 5.41) is 15.5. The molecule has 0 saturated heterocycles. The summed E-state index contributed by atoms with van der Waals surface area (Å²) in [6.07, 6.45) is 1.62. The Balaban J connectivity index is 1.64. The van der Waals surface area contributed by atoms with E-state index in [2.05, 4.69) is 26.5 Å². The van der Waals surface area contributed by atoms with Gasteiger partial charge in [0, 0.05) is 33.4 Å². The van der Waals surface area contributed by atoms with Gasteiger partial charge < -0.3 is 4.57 Å². The van der Waals surface area contributed by atoms with Crippen LogP contribution in [0.5, 0.6) is 0 Å². The van der Waals surface area contributed by atoms with E-state index in [-0.39, 0.29) is 11.6 Å². The first-order valence-electron chi connectivity index (χ1n) is 11.7. The summed E-state index contributed by atoms with van der Waals surface area (Å²) in [4.78, 5) is 23.5. The third-order valence-corrected chi connectivity index (χ3v) is 6.42. The van der Waals surface area contributed by atoms with Gasteiger partial charge in [-0.3, -0.25) is 14.9 Å². The van der Waals surface area contributed by atoms with E-state index in [0.29, 0.717) is 5.56 Å². The number of nitro benzene ring substituents is 1. The van der Waals surface area contributed by atoms with Crippen LogP contribution in [0.25, 0.3) is 28.2 Å². The summed E-state index contributed by atoms with van der Waals surface area (Å²) in [5.41, 5.74) is 8.21. The molecule has 0 aliphatic carbocycles. The van der Waals surface area contributed by atoms with Crippen LogP contribution in [0, 0.1) is 10.1 Å². The number of benzene rings is 4. The molecule has 38 heavy (non-hydrogen) atoms. The highest BCUT2D eigenvalue weighted by Crippen LogP contribution is 2.35. The summed E-state index contributed by atoms with van der Waals surface area (Å²) in [7, 11) is 0. The largest absolute Gasteiger partial charge is 0.309 e. The number of hydrogen-bond donors (Lipinski definition) is 1. The van der Waals surface area contributed by atoms with E-state index in [1.54, 1.807) is 36.5 Å². The van der Waals surface area contributed by atoms with Crippen molar-refractivity contribution in [3.8, 4) is 28.2 Å². The first-order chi connectivity index (χ1) is 18.5. The molecule has 0 aliphatic heterocycles. The fourth-order valence-electron chi connectivity index (χ4n) is 4.19. The van der Waals surface area contributed by atoms with E-state index < -0.39 is 4.92 Å². The van der Waals surface area contributed by atoms with Crippen molar-refractivity contribution in [1.82, 2.24) is 9.99 Å².